The van der Waals surface area contributed by atoms with Crippen LogP contribution in [0.2, 0.25) is 0 Å². The van der Waals surface area contributed by atoms with Gasteiger partial charge < -0.3 is 9.80 Å². The number of aryl methyl sites for hydroxylation is 1. The third-order valence-electron chi connectivity index (χ3n) is 5.50. The molecule has 3 aromatic heterocycles. The van der Waals surface area contributed by atoms with Gasteiger partial charge in [0.05, 0.1) is 11.1 Å². The molecule has 1 aliphatic heterocycles. The summed E-state index contributed by atoms with van der Waals surface area (Å²) in [5.74, 6) is 1.21. The molecule has 5 rings (SSSR count). The van der Waals surface area contributed by atoms with Crippen LogP contribution in [0.5, 0.6) is 0 Å². The van der Waals surface area contributed by atoms with E-state index in [0.29, 0.717) is 18.8 Å². The van der Waals surface area contributed by atoms with Gasteiger partial charge in [-0.3, -0.25) is 4.79 Å². The normalized spacial score (nSPS) is 14.2. The molecule has 0 aliphatic carbocycles. The first-order valence-electron chi connectivity index (χ1n) is 10.4. The first-order valence-corrected chi connectivity index (χ1v) is 12.3. The Balaban J connectivity index is 1.27. The van der Waals surface area contributed by atoms with Crippen LogP contribution in [0.25, 0.3) is 21.3 Å². The van der Waals surface area contributed by atoms with Gasteiger partial charge in [-0.15, -0.1) is 11.3 Å². The van der Waals surface area contributed by atoms with Crippen molar-refractivity contribution in [1.82, 2.24) is 24.8 Å². The average molecular weight is 463 g/mol. The van der Waals surface area contributed by atoms with Crippen molar-refractivity contribution in [2.75, 3.05) is 36.8 Å². The number of anilines is 1. The largest absolute Gasteiger partial charge is 0.338 e. The summed E-state index contributed by atoms with van der Waals surface area (Å²) in [6, 6.07) is 10.3. The molecule has 4 heterocycles. The number of hydrogen-bond donors (Lipinski definition) is 0. The van der Waals surface area contributed by atoms with E-state index in [1.54, 1.807) is 30.1 Å². The lowest BCUT2D eigenvalue weighted by molar-refractivity contribution is -0.128. The molecule has 1 saturated heterocycles. The number of benzene rings is 1. The Morgan fingerprint density at radius 2 is 1.78 bits per heavy atom. The van der Waals surface area contributed by atoms with Gasteiger partial charge in [0.2, 0.25) is 11.9 Å². The summed E-state index contributed by atoms with van der Waals surface area (Å²) in [6.07, 6.45) is 5.08. The van der Waals surface area contributed by atoms with E-state index in [1.165, 1.54) is 17.3 Å². The zero-order valence-electron chi connectivity index (χ0n) is 17.6. The number of thioether (sulfide) groups is 1. The average Bonchev–Trinajstić information content (AvgIpc) is 3.28. The number of hydrogen-bond acceptors (Lipinski definition) is 8. The molecule has 0 bridgehead atoms. The van der Waals surface area contributed by atoms with Gasteiger partial charge in [-0.05, 0) is 18.6 Å². The minimum absolute atomic E-state index is 0.127. The lowest BCUT2D eigenvalue weighted by Crippen LogP contribution is -2.49. The second kappa shape index (κ2) is 9.22. The molecule has 0 saturated carbocycles. The smallest absolute Gasteiger partial charge is 0.233 e. The van der Waals surface area contributed by atoms with Crippen LogP contribution in [0.3, 0.4) is 0 Å². The zero-order valence-corrected chi connectivity index (χ0v) is 19.3. The molecule has 0 radical (unpaired) electrons. The highest BCUT2D eigenvalue weighted by molar-refractivity contribution is 8.00. The van der Waals surface area contributed by atoms with Gasteiger partial charge in [0.25, 0.3) is 0 Å². The van der Waals surface area contributed by atoms with Gasteiger partial charge >= 0.3 is 0 Å². The summed E-state index contributed by atoms with van der Waals surface area (Å²) in [5, 5.41) is 4.02. The van der Waals surface area contributed by atoms with Gasteiger partial charge in [-0.2, -0.15) is 0 Å². The second-order valence-corrected chi connectivity index (χ2v) is 9.40. The molecule has 1 fully saturated rings. The van der Waals surface area contributed by atoms with E-state index in [-0.39, 0.29) is 5.91 Å². The number of carbonyl (C=O) groups excluding carboxylic acids is 1. The summed E-state index contributed by atoms with van der Waals surface area (Å²) in [7, 11) is 0. The van der Waals surface area contributed by atoms with Crippen molar-refractivity contribution in [3.8, 4) is 11.1 Å². The molecule has 1 amide bonds. The molecule has 0 N–H and O–H groups in total. The fraction of sp³-hybridized carbons (Fsp3) is 0.261. The highest BCUT2D eigenvalue weighted by Crippen LogP contribution is 2.38. The van der Waals surface area contributed by atoms with Crippen molar-refractivity contribution in [2.24, 2.45) is 0 Å². The number of aromatic nitrogens is 4. The Kier molecular flexibility index (Phi) is 6.00. The predicted molar refractivity (Wildman–Crippen MR) is 129 cm³/mol. The molecule has 0 spiro atoms. The highest BCUT2D eigenvalue weighted by atomic mass is 32.2. The minimum Gasteiger partial charge on any atom is -0.338 e. The molecular weight excluding hydrogens is 440 g/mol. The molecular formula is C23H22N6OS2. The lowest BCUT2D eigenvalue weighted by Gasteiger charge is -2.34. The fourth-order valence-corrected chi connectivity index (χ4v) is 5.63. The molecule has 0 atom stereocenters. The SMILES string of the molecule is Cc1ccc(-c2csc3ncnc(SCC(=O)N4CCN(c5ncccn5)CC4)c23)cc1. The Bertz CT molecular complexity index is 1220. The monoisotopic (exact) mass is 462 g/mol. The number of thiophene rings is 1. The molecule has 7 nitrogen and oxygen atoms in total. The van der Waals surface area contributed by atoms with E-state index in [0.717, 1.165) is 45.4 Å². The van der Waals surface area contributed by atoms with E-state index in [4.69, 9.17) is 0 Å². The van der Waals surface area contributed by atoms with Crippen LogP contribution in [-0.2, 0) is 4.79 Å². The Hall–Kier alpha value is -3.04. The van der Waals surface area contributed by atoms with Crippen LogP contribution in [0, 0.1) is 6.92 Å². The summed E-state index contributed by atoms with van der Waals surface area (Å²) in [5.41, 5.74) is 3.49. The number of nitrogens with zero attached hydrogens (tertiary/aromatic N) is 6. The zero-order chi connectivity index (χ0) is 21.9. The fourth-order valence-electron chi connectivity index (χ4n) is 3.73. The topological polar surface area (TPSA) is 75.1 Å². The quantitative estimate of drug-likeness (QED) is 0.329. The van der Waals surface area contributed by atoms with E-state index < -0.39 is 0 Å². The standard InChI is InChI=1S/C23H22N6OS2/c1-16-3-5-17(6-4-16)18-13-31-21-20(18)22(27-15-26-21)32-14-19(30)28-9-11-29(12-10-28)23-24-7-2-8-25-23/h2-8,13,15H,9-12,14H2,1H3. The molecule has 1 aliphatic rings. The predicted octanol–water partition coefficient (Wildman–Crippen LogP) is 3.90. The first-order chi connectivity index (χ1) is 15.7. The number of rotatable bonds is 5. The molecule has 9 heteroatoms. The molecule has 4 aromatic rings. The summed E-state index contributed by atoms with van der Waals surface area (Å²) >= 11 is 3.10. The van der Waals surface area contributed by atoms with Crippen molar-refractivity contribution in [1.29, 1.82) is 0 Å². The molecule has 1 aromatic carbocycles. The maximum atomic E-state index is 12.9. The second-order valence-electron chi connectivity index (χ2n) is 7.58. The van der Waals surface area contributed by atoms with Gasteiger partial charge in [0.15, 0.2) is 0 Å². The number of fused-ring (bicyclic) bond motifs is 1. The highest BCUT2D eigenvalue weighted by Gasteiger charge is 2.23. The van der Waals surface area contributed by atoms with Crippen LogP contribution >= 0.6 is 23.1 Å². The minimum atomic E-state index is 0.127. The summed E-state index contributed by atoms with van der Waals surface area (Å²) < 4.78 is 0. The molecule has 162 valence electrons. The number of piperazine rings is 1. The van der Waals surface area contributed by atoms with Gasteiger partial charge in [-0.1, -0.05) is 41.6 Å². The van der Waals surface area contributed by atoms with Crippen LogP contribution in [0.4, 0.5) is 5.95 Å². The van der Waals surface area contributed by atoms with Crippen molar-refractivity contribution in [3.63, 3.8) is 0 Å². The number of carbonyl (C=O) groups is 1. The molecule has 32 heavy (non-hydrogen) atoms. The van der Waals surface area contributed by atoms with E-state index in [9.17, 15) is 4.79 Å². The Morgan fingerprint density at radius 3 is 2.53 bits per heavy atom. The van der Waals surface area contributed by atoms with Crippen molar-refractivity contribution in [2.45, 2.75) is 11.9 Å². The van der Waals surface area contributed by atoms with Crippen molar-refractivity contribution < 1.29 is 4.79 Å². The first kappa shape index (κ1) is 20.8. The van der Waals surface area contributed by atoms with E-state index >= 15 is 0 Å². The maximum Gasteiger partial charge on any atom is 0.233 e. The Morgan fingerprint density at radius 1 is 1.03 bits per heavy atom. The maximum absolute atomic E-state index is 12.9. The summed E-state index contributed by atoms with van der Waals surface area (Å²) in [4.78, 5) is 35.4. The van der Waals surface area contributed by atoms with Crippen LogP contribution < -0.4 is 4.90 Å². The van der Waals surface area contributed by atoms with Crippen LogP contribution in [0.1, 0.15) is 5.56 Å². The number of amides is 1. The Labute approximate surface area is 194 Å². The summed E-state index contributed by atoms with van der Waals surface area (Å²) in [6.45, 7) is 4.90. The van der Waals surface area contributed by atoms with Crippen molar-refractivity contribution >= 4 is 45.2 Å². The third-order valence-corrected chi connectivity index (χ3v) is 7.36. The van der Waals surface area contributed by atoms with Gasteiger partial charge in [0, 0.05) is 49.5 Å². The van der Waals surface area contributed by atoms with Gasteiger partial charge in [-0.25, -0.2) is 19.9 Å². The lowest BCUT2D eigenvalue weighted by atomic mass is 10.1. The van der Waals surface area contributed by atoms with Gasteiger partial charge in [0.1, 0.15) is 16.2 Å². The van der Waals surface area contributed by atoms with E-state index in [2.05, 4.69) is 61.4 Å². The third kappa shape index (κ3) is 4.31. The van der Waals surface area contributed by atoms with E-state index in [1.807, 2.05) is 11.0 Å². The van der Waals surface area contributed by atoms with Crippen molar-refractivity contribution in [3.05, 3.63) is 60.0 Å². The van der Waals surface area contributed by atoms with Crippen LogP contribution in [-0.4, -0.2) is 62.7 Å². The van der Waals surface area contributed by atoms with Crippen LogP contribution in [0.15, 0.2) is 59.5 Å². The molecule has 0 unspecified atom stereocenters.